The lowest BCUT2D eigenvalue weighted by molar-refractivity contribution is 0.249. The normalized spacial score (nSPS) is 11.8. The van der Waals surface area contributed by atoms with Crippen LogP contribution in [0.1, 0.15) is 55.2 Å². The molecule has 4 aromatic rings. The van der Waals surface area contributed by atoms with Gasteiger partial charge in [0.25, 0.3) is 0 Å². The lowest BCUT2D eigenvalue weighted by atomic mass is 10.0. The molecule has 1 aromatic heterocycles. The monoisotopic (exact) mass is 515 g/mol. The highest BCUT2D eigenvalue weighted by molar-refractivity contribution is 7.98. The van der Waals surface area contributed by atoms with Crippen molar-refractivity contribution in [1.82, 2.24) is 20.1 Å². The number of nitrogens with one attached hydrogen (secondary N) is 2. The number of methoxy groups -OCH3 is 1. The van der Waals surface area contributed by atoms with Crippen molar-refractivity contribution in [3.63, 3.8) is 0 Å². The van der Waals surface area contributed by atoms with Gasteiger partial charge in [0.1, 0.15) is 5.75 Å². The van der Waals surface area contributed by atoms with Gasteiger partial charge in [-0.1, -0.05) is 67.6 Å². The molecule has 8 heteroatoms. The van der Waals surface area contributed by atoms with Gasteiger partial charge < -0.3 is 15.4 Å². The smallest absolute Gasteiger partial charge is 0.319 e. The Labute approximate surface area is 222 Å². The summed E-state index contributed by atoms with van der Waals surface area (Å²) in [6, 6.07) is 23.4. The molecule has 4 rings (SSSR count). The third-order valence-corrected chi connectivity index (χ3v) is 7.02. The van der Waals surface area contributed by atoms with Gasteiger partial charge in [-0.25, -0.2) is 4.79 Å². The molecule has 0 saturated carbocycles. The number of aromatic nitrogens is 3. The third kappa shape index (κ3) is 6.71. The predicted octanol–water partition coefficient (Wildman–Crippen LogP) is 6.88. The van der Waals surface area contributed by atoms with E-state index in [4.69, 9.17) is 4.74 Å². The van der Waals surface area contributed by atoms with Crippen molar-refractivity contribution in [2.75, 3.05) is 12.4 Å². The molecule has 0 aliphatic heterocycles. The predicted molar refractivity (Wildman–Crippen MR) is 150 cm³/mol. The first-order valence-electron chi connectivity index (χ1n) is 12.3. The number of ether oxygens (including phenoxy) is 1. The first kappa shape index (κ1) is 26.3. The van der Waals surface area contributed by atoms with Crippen LogP contribution in [0, 0.1) is 6.92 Å². The fourth-order valence-corrected chi connectivity index (χ4v) is 4.78. The van der Waals surface area contributed by atoms with E-state index in [9.17, 15) is 4.79 Å². The number of rotatable bonds is 9. The maximum atomic E-state index is 12.8. The second-order valence-electron chi connectivity index (χ2n) is 9.25. The number of thioether (sulfide) groups is 1. The first-order valence-corrected chi connectivity index (χ1v) is 13.3. The van der Waals surface area contributed by atoms with Gasteiger partial charge in [-0.3, -0.25) is 4.57 Å². The van der Waals surface area contributed by atoms with Crippen molar-refractivity contribution in [1.29, 1.82) is 0 Å². The molecule has 0 fully saturated rings. The van der Waals surface area contributed by atoms with Crippen LogP contribution in [-0.4, -0.2) is 27.9 Å². The number of anilines is 1. The maximum absolute atomic E-state index is 12.8. The average molecular weight is 516 g/mol. The van der Waals surface area contributed by atoms with Crippen LogP contribution in [0.2, 0.25) is 0 Å². The summed E-state index contributed by atoms with van der Waals surface area (Å²) in [6.45, 7) is 8.25. The summed E-state index contributed by atoms with van der Waals surface area (Å²) in [5.41, 5.74) is 5.20. The zero-order valence-electron chi connectivity index (χ0n) is 21.9. The Morgan fingerprint density at radius 2 is 1.73 bits per heavy atom. The lowest BCUT2D eigenvalue weighted by Gasteiger charge is -2.17. The van der Waals surface area contributed by atoms with Crippen molar-refractivity contribution in [3.8, 4) is 11.4 Å². The molecule has 0 saturated heterocycles. The SMILES string of the molecule is COc1cccc(CSc2nnc([C@@H](C)NC(=O)Nc3ccc(C(C)C)cc3)n2-c2ccc(C)cc2)c1. The van der Waals surface area contributed by atoms with E-state index in [1.807, 2.05) is 66.1 Å². The summed E-state index contributed by atoms with van der Waals surface area (Å²) >= 11 is 1.59. The Balaban J connectivity index is 1.53. The van der Waals surface area contributed by atoms with E-state index >= 15 is 0 Å². The number of hydrogen-bond acceptors (Lipinski definition) is 5. The molecule has 0 radical (unpaired) electrons. The summed E-state index contributed by atoms with van der Waals surface area (Å²) < 4.78 is 7.36. The van der Waals surface area contributed by atoms with Gasteiger partial charge >= 0.3 is 6.03 Å². The van der Waals surface area contributed by atoms with Gasteiger partial charge in [0.05, 0.1) is 13.2 Å². The van der Waals surface area contributed by atoms with Crippen LogP contribution in [0.15, 0.2) is 78.0 Å². The average Bonchev–Trinajstić information content (AvgIpc) is 3.32. The lowest BCUT2D eigenvalue weighted by Crippen LogP contribution is -2.32. The molecule has 0 unspecified atom stereocenters. The van der Waals surface area contributed by atoms with E-state index in [-0.39, 0.29) is 12.1 Å². The van der Waals surface area contributed by atoms with Gasteiger partial charge in [-0.15, -0.1) is 10.2 Å². The molecule has 37 heavy (non-hydrogen) atoms. The number of aryl methyl sites for hydroxylation is 1. The molecule has 0 bridgehead atoms. The molecule has 0 aliphatic carbocycles. The number of benzene rings is 3. The van der Waals surface area contributed by atoms with E-state index in [0.717, 1.165) is 33.4 Å². The summed E-state index contributed by atoms with van der Waals surface area (Å²) in [7, 11) is 1.66. The van der Waals surface area contributed by atoms with Crippen LogP contribution < -0.4 is 15.4 Å². The van der Waals surface area contributed by atoms with Crippen LogP contribution in [0.5, 0.6) is 5.75 Å². The fourth-order valence-electron chi connectivity index (χ4n) is 3.88. The maximum Gasteiger partial charge on any atom is 0.319 e. The van der Waals surface area contributed by atoms with Crippen LogP contribution >= 0.6 is 11.8 Å². The molecule has 0 aliphatic rings. The summed E-state index contributed by atoms with van der Waals surface area (Å²) in [5.74, 6) is 2.62. The quantitative estimate of drug-likeness (QED) is 0.237. The summed E-state index contributed by atoms with van der Waals surface area (Å²) in [4.78, 5) is 12.8. The summed E-state index contributed by atoms with van der Waals surface area (Å²) in [6.07, 6.45) is 0. The molecular formula is C29H33N5O2S. The number of carbonyl (C=O) groups excluding carboxylic acids is 1. The Bertz CT molecular complexity index is 1330. The van der Waals surface area contributed by atoms with Crippen LogP contribution in [0.3, 0.4) is 0 Å². The number of nitrogens with zero attached hydrogens (tertiary/aromatic N) is 3. The molecule has 1 heterocycles. The summed E-state index contributed by atoms with van der Waals surface area (Å²) in [5, 5.41) is 15.6. The van der Waals surface area contributed by atoms with Gasteiger partial charge in [-0.2, -0.15) is 0 Å². The van der Waals surface area contributed by atoms with Gasteiger partial charge in [-0.05, 0) is 67.3 Å². The Kier molecular flexibility index (Phi) is 8.50. The van der Waals surface area contributed by atoms with E-state index < -0.39 is 0 Å². The topological polar surface area (TPSA) is 81.1 Å². The van der Waals surface area contributed by atoms with Crippen LogP contribution in [-0.2, 0) is 5.75 Å². The second kappa shape index (κ2) is 12.0. The standard InChI is InChI=1S/C29H33N5O2S/c1-19(2)23-11-13-24(14-12-23)31-28(35)30-21(4)27-32-33-29(34(27)25-15-9-20(3)10-16-25)37-18-22-7-6-8-26(17-22)36-5/h6-17,19,21H,18H2,1-5H3,(H2,30,31,35)/t21-/m1/s1. The minimum Gasteiger partial charge on any atom is -0.497 e. The minimum absolute atomic E-state index is 0.297. The largest absolute Gasteiger partial charge is 0.497 e. The molecule has 7 nitrogen and oxygen atoms in total. The fraction of sp³-hybridized carbons (Fsp3) is 0.276. The Hall–Kier alpha value is -3.78. The van der Waals surface area contributed by atoms with Gasteiger partial charge in [0.15, 0.2) is 11.0 Å². The van der Waals surface area contributed by atoms with E-state index in [2.05, 4.69) is 59.8 Å². The molecule has 192 valence electrons. The molecule has 0 spiro atoms. The minimum atomic E-state index is -0.380. The Morgan fingerprint density at radius 1 is 1.00 bits per heavy atom. The number of hydrogen-bond donors (Lipinski definition) is 2. The Morgan fingerprint density at radius 3 is 2.41 bits per heavy atom. The van der Waals surface area contributed by atoms with Crippen molar-refractivity contribution in [2.45, 2.75) is 50.6 Å². The molecule has 3 aromatic carbocycles. The van der Waals surface area contributed by atoms with Crippen molar-refractivity contribution in [2.24, 2.45) is 0 Å². The van der Waals surface area contributed by atoms with Crippen LogP contribution in [0.4, 0.5) is 10.5 Å². The zero-order valence-corrected chi connectivity index (χ0v) is 22.7. The number of carbonyl (C=O) groups is 1. The molecule has 2 N–H and O–H groups in total. The van der Waals surface area contributed by atoms with Crippen LogP contribution in [0.25, 0.3) is 5.69 Å². The van der Waals surface area contributed by atoms with Gasteiger partial charge in [0.2, 0.25) is 0 Å². The van der Waals surface area contributed by atoms with Crippen molar-refractivity contribution < 1.29 is 9.53 Å². The van der Waals surface area contributed by atoms with E-state index in [1.165, 1.54) is 5.56 Å². The highest BCUT2D eigenvalue weighted by Gasteiger charge is 2.21. The van der Waals surface area contributed by atoms with Crippen molar-refractivity contribution in [3.05, 3.63) is 95.3 Å². The number of amides is 2. The first-order chi connectivity index (χ1) is 17.8. The van der Waals surface area contributed by atoms with E-state index in [1.54, 1.807) is 18.9 Å². The highest BCUT2D eigenvalue weighted by atomic mass is 32.2. The number of urea groups is 1. The van der Waals surface area contributed by atoms with Crippen molar-refractivity contribution >= 4 is 23.5 Å². The zero-order chi connectivity index (χ0) is 26.4. The van der Waals surface area contributed by atoms with Gasteiger partial charge in [0, 0.05) is 17.1 Å². The molecule has 1 atom stereocenters. The highest BCUT2D eigenvalue weighted by Crippen LogP contribution is 2.29. The third-order valence-electron chi connectivity index (χ3n) is 6.02. The molecule has 2 amide bonds. The molecular weight excluding hydrogens is 482 g/mol. The van der Waals surface area contributed by atoms with E-state index in [0.29, 0.717) is 17.5 Å². The second-order valence-corrected chi connectivity index (χ2v) is 10.2.